The van der Waals surface area contributed by atoms with Crippen LogP contribution in [0.25, 0.3) is 0 Å². The van der Waals surface area contributed by atoms with Gasteiger partial charge in [-0.1, -0.05) is 13.8 Å². The summed E-state index contributed by atoms with van der Waals surface area (Å²) in [4.78, 5) is 0. The van der Waals surface area contributed by atoms with E-state index in [1.54, 1.807) is 0 Å². The molecule has 2 nitrogen and oxygen atoms in total. The van der Waals surface area contributed by atoms with Crippen LogP contribution in [0.1, 0.15) is 26.7 Å². The normalized spacial score (nSPS) is 18.0. The fourth-order valence-corrected chi connectivity index (χ4v) is 0.575. The summed E-state index contributed by atoms with van der Waals surface area (Å²) in [6, 6.07) is -0.333. The maximum Gasteiger partial charge on any atom is 0.0581 e. The minimum Gasteiger partial charge on any atom is -0.326 e. The highest BCUT2D eigenvalue weighted by Gasteiger charge is 2.08. The molecule has 0 aliphatic heterocycles. The molecule has 8 heavy (non-hydrogen) atoms. The topological polar surface area (TPSA) is 48.3 Å². The van der Waals surface area contributed by atoms with Crippen LogP contribution < -0.4 is 11.5 Å². The van der Waals surface area contributed by atoms with Crippen LogP contribution in [0.5, 0.6) is 0 Å². The Balaban J connectivity index is 3.29. The number of hydrogen-bond acceptors (Lipinski definition) is 1. The third-order valence-corrected chi connectivity index (χ3v) is 1.38. The predicted octanol–water partition coefficient (Wildman–Crippen LogP) is 0.571. The van der Waals surface area contributed by atoms with Gasteiger partial charge in [0, 0.05) is 6.04 Å². The molecule has 0 saturated carbocycles. The van der Waals surface area contributed by atoms with Gasteiger partial charge in [0.25, 0.3) is 0 Å². The SMILES string of the molecule is CCC([N])C(N)CC. The second-order valence-corrected chi connectivity index (χ2v) is 2.05. The minimum absolute atomic E-state index is 0.0278. The first-order valence-corrected chi connectivity index (χ1v) is 3.16. The van der Waals surface area contributed by atoms with Crippen molar-refractivity contribution in [1.82, 2.24) is 5.73 Å². The molecular formula is C6H14N2. The standard InChI is InChI=1S/C6H14N2/c1-3-5(7)6(8)4-2/h5-6H,3-4,7H2,1-2H3. The Bertz CT molecular complexity index is 46.5. The summed E-state index contributed by atoms with van der Waals surface area (Å²) in [5.74, 6) is 0. The lowest BCUT2D eigenvalue weighted by Gasteiger charge is -2.12. The highest BCUT2D eigenvalue weighted by molar-refractivity contribution is 4.71. The van der Waals surface area contributed by atoms with E-state index in [9.17, 15) is 0 Å². The highest BCUT2D eigenvalue weighted by Crippen LogP contribution is 1.96. The van der Waals surface area contributed by atoms with Gasteiger partial charge in [-0.15, -0.1) is 5.73 Å². The first-order valence-electron chi connectivity index (χ1n) is 3.16. The third-order valence-electron chi connectivity index (χ3n) is 1.38. The molecule has 0 aromatic carbocycles. The lowest BCUT2D eigenvalue weighted by molar-refractivity contribution is 0.488. The fourth-order valence-electron chi connectivity index (χ4n) is 0.575. The van der Waals surface area contributed by atoms with E-state index in [4.69, 9.17) is 11.5 Å². The summed E-state index contributed by atoms with van der Waals surface area (Å²) in [7, 11) is 0. The van der Waals surface area contributed by atoms with Crippen molar-refractivity contribution in [3.8, 4) is 0 Å². The van der Waals surface area contributed by atoms with Crippen molar-refractivity contribution in [2.75, 3.05) is 0 Å². The lowest BCUT2D eigenvalue weighted by atomic mass is 10.1. The molecule has 2 radical (unpaired) electrons. The number of nitrogens with two attached hydrogens (primary N) is 1. The number of nitrogens with zero attached hydrogens (tertiary/aromatic N) is 1. The molecule has 0 aromatic rings. The molecule has 0 saturated heterocycles. The maximum absolute atomic E-state index is 9.00. The zero-order valence-electron chi connectivity index (χ0n) is 5.59. The first-order chi connectivity index (χ1) is 3.72. The number of rotatable bonds is 3. The van der Waals surface area contributed by atoms with Crippen LogP contribution in [0.15, 0.2) is 0 Å². The molecule has 0 heterocycles. The van der Waals surface area contributed by atoms with Gasteiger partial charge in [-0.2, -0.15) is 0 Å². The van der Waals surface area contributed by atoms with Crippen LogP contribution in [-0.4, -0.2) is 12.1 Å². The van der Waals surface area contributed by atoms with E-state index in [1.165, 1.54) is 0 Å². The smallest absolute Gasteiger partial charge is 0.0581 e. The molecule has 0 rings (SSSR count). The van der Waals surface area contributed by atoms with Crippen molar-refractivity contribution < 1.29 is 0 Å². The fraction of sp³-hybridized carbons (Fsp3) is 1.00. The Hall–Kier alpha value is -0.0800. The van der Waals surface area contributed by atoms with E-state index in [1.807, 2.05) is 13.8 Å². The quantitative estimate of drug-likeness (QED) is 0.573. The second-order valence-electron chi connectivity index (χ2n) is 2.05. The molecule has 0 aliphatic carbocycles. The molecule has 48 valence electrons. The van der Waals surface area contributed by atoms with Crippen molar-refractivity contribution in [2.24, 2.45) is 5.73 Å². The predicted molar refractivity (Wildman–Crippen MR) is 34.5 cm³/mol. The molecule has 0 fully saturated rings. The van der Waals surface area contributed by atoms with Crippen molar-refractivity contribution in [1.29, 1.82) is 0 Å². The van der Waals surface area contributed by atoms with E-state index < -0.39 is 0 Å². The van der Waals surface area contributed by atoms with Gasteiger partial charge in [-0.05, 0) is 12.8 Å². The maximum atomic E-state index is 9.00. The summed E-state index contributed by atoms with van der Waals surface area (Å²) < 4.78 is 0. The van der Waals surface area contributed by atoms with Crippen LogP contribution in [-0.2, 0) is 0 Å². The Morgan fingerprint density at radius 2 is 1.88 bits per heavy atom. The van der Waals surface area contributed by atoms with Crippen molar-refractivity contribution in [3.63, 3.8) is 0 Å². The molecule has 2 unspecified atom stereocenters. The first kappa shape index (κ1) is 7.92. The molecule has 2 heteroatoms. The Morgan fingerprint density at radius 1 is 1.38 bits per heavy atom. The van der Waals surface area contributed by atoms with Crippen molar-refractivity contribution in [3.05, 3.63) is 0 Å². The summed E-state index contributed by atoms with van der Waals surface area (Å²) >= 11 is 0. The lowest BCUT2D eigenvalue weighted by Crippen LogP contribution is -2.34. The van der Waals surface area contributed by atoms with Crippen LogP contribution in [0.3, 0.4) is 0 Å². The van der Waals surface area contributed by atoms with Gasteiger partial charge in [-0.25, -0.2) is 0 Å². The summed E-state index contributed by atoms with van der Waals surface area (Å²) in [5, 5.41) is 0. The third kappa shape index (κ3) is 2.28. The molecular weight excluding hydrogens is 100 g/mol. The van der Waals surface area contributed by atoms with Crippen LogP contribution >= 0.6 is 0 Å². The van der Waals surface area contributed by atoms with Crippen molar-refractivity contribution >= 4 is 0 Å². The van der Waals surface area contributed by atoms with Gasteiger partial charge >= 0.3 is 0 Å². The second kappa shape index (κ2) is 3.87. The Kier molecular flexibility index (Phi) is 3.83. The van der Waals surface area contributed by atoms with Crippen LogP contribution in [0.4, 0.5) is 0 Å². The molecule has 0 amide bonds. The zero-order chi connectivity index (χ0) is 6.57. The van der Waals surface area contributed by atoms with Gasteiger partial charge in [-0.3, -0.25) is 0 Å². The van der Waals surface area contributed by atoms with Crippen LogP contribution in [0.2, 0.25) is 0 Å². The number of hydrogen-bond donors (Lipinski definition) is 1. The van der Waals surface area contributed by atoms with Gasteiger partial charge in [0.15, 0.2) is 0 Å². The largest absolute Gasteiger partial charge is 0.326 e. The molecule has 0 bridgehead atoms. The van der Waals surface area contributed by atoms with E-state index in [-0.39, 0.29) is 12.1 Å². The molecule has 0 spiro atoms. The Morgan fingerprint density at radius 3 is 2.00 bits per heavy atom. The van der Waals surface area contributed by atoms with Gasteiger partial charge in [0.1, 0.15) is 0 Å². The van der Waals surface area contributed by atoms with E-state index >= 15 is 0 Å². The van der Waals surface area contributed by atoms with Gasteiger partial charge in [0.05, 0.1) is 6.04 Å². The summed E-state index contributed by atoms with van der Waals surface area (Å²) in [6.45, 7) is 3.91. The van der Waals surface area contributed by atoms with Crippen molar-refractivity contribution in [2.45, 2.75) is 38.8 Å². The average Bonchev–Trinajstić information content (AvgIpc) is 1.84. The van der Waals surface area contributed by atoms with E-state index in [2.05, 4.69) is 0 Å². The van der Waals surface area contributed by atoms with E-state index in [0.29, 0.717) is 0 Å². The average molecular weight is 114 g/mol. The molecule has 0 aliphatic rings. The molecule has 0 aromatic heterocycles. The zero-order valence-corrected chi connectivity index (χ0v) is 5.59. The van der Waals surface area contributed by atoms with Gasteiger partial charge < -0.3 is 5.73 Å². The summed E-state index contributed by atoms with van der Waals surface area (Å²) in [5.41, 5.74) is 14.5. The Labute approximate surface area is 51.2 Å². The van der Waals surface area contributed by atoms with E-state index in [0.717, 1.165) is 12.8 Å². The minimum atomic E-state index is -0.306. The summed E-state index contributed by atoms with van der Waals surface area (Å²) in [6.07, 6.45) is 1.62. The van der Waals surface area contributed by atoms with Gasteiger partial charge in [0.2, 0.25) is 0 Å². The molecule has 2 atom stereocenters. The highest BCUT2D eigenvalue weighted by atomic mass is 14.8. The molecule has 2 N–H and O–H groups in total. The van der Waals surface area contributed by atoms with Crippen LogP contribution in [0, 0.1) is 0 Å². The monoisotopic (exact) mass is 114 g/mol.